The summed E-state index contributed by atoms with van der Waals surface area (Å²) in [5, 5.41) is 0. The van der Waals surface area contributed by atoms with Gasteiger partial charge in [-0.05, 0) is 6.92 Å². The number of piperidine rings is 1. The molecular formula is C10H17NO. The second-order valence-corrected chi connectivity index (χ2v) is 3.45. The molecule has 68 valence electrons. The van der Waals surface area contributed by atoms with E-state index in [4.69, 9.17) is 0 Å². The number of hydrogen-bond acceptors (Lipinski definition) is 2. The third kappa shape index (κ3) is 2.45. The monoisotopic (exact) mass is 167 g/mol. The topological polar surface area (TPSA) is 20.3 Å². The highest BCUT2D eigenvalue weighted by molar-refractivity contribution is 5.81. The lowest BCUT2D eigenvalue weighted by Crippen LogP contribution is -2.39. The largest absolute Gasteiger partial charge is 0.299 e. The highest BCUT2D eigenvalue weighted by Crippen LogP contribution is 2.11. The number of Topliss-reactive ketones (excluding diaryl/α,β-unsaturated/α-hetero) is 1. The number of likely N-dealkylation sites (tertiary alicyclic amines) is 1. The van der Waals surface area contributed by atoms with Crippen molar-refractivity contribution < 1.29 is 4.79 Å². The molecule has 1 heterocycles. The maximum Gasteiger partial charge on any atom is 0.138 e. The lowest BCUT2D eigenvalue weighted by molar-refractivity contribution is -0.125. The Morgan fingerprint density at radius 1 is 1.67 bits per heavy atom. The Kier molecular flexibility index (Phi) is 3.48. The molecule has 0 aromatic rings. The predicted molar refractivity (Wildman–Crippen MR) is 50.0 cm³/mol. The Hall–Kier alpha value is -0.630. The van der Waals surface area contributed by atoms with Crippen LogP contribution in [0.15, 0.2) is 12.2 Å². The first-order valence-electron chi connectivity index (χ1n) is 4.60. The van der Waals surface area contributed by atoms with Crippen LogP contribution in [0.5, 0.6) is 0 Å². The zero-order chi connectivity index (χ0) is 8.97. The van der Waals surface area contributed by atoms with Crippen molar-refractivity contribution in [1.82, 2.24) is 4.90 Å². The van der Waals surface area contributed by atoms with Crippen LogP contribution in [-0.2, 0) is 4.79 Å². The molecule has 1 unspecified atom stereocenters. The average molecular weight is 167 g/mol. The minimum absolute atomic E-state index is 0.240. The standard InChI is InChI=1S/C10H17NO/c1-3-4-6-11-7-5-10(12)9(2)8-11/h3-4,9H,5-8H2,1-2H3/b4-3+. The summed E-state index contributed by atoms with van der Waals surface area (Å²) < 4.78 is 0. The SMILES string of the molecule is C/C=C/CN1CCC(=O)C(C)C1. The molecule has 0 amide bonds. The van der Waals surface area contributed by atoms with Gasteiger partial charge in [0, 0.05) is 32.0 Å². The molecule has 0 aromatic heterocycles. The Morgan fingerprint density at radius 2 is 2.42 bits per heavy atom. The van der Waals surface area contributed by atoms with E-state index < -0.39 is 0 Å². The van der Waals surface area contributed by atoms with Crippen molar-refractivity contribution in [1.29, 1.82) is 0 Å². The van der Waals surface area contributed by atoms with E-state index >= 15 is 0 Å². The van der Waals surface area contributed by atoms with Gasteiger partial charge >= 0.3 is 0 Å². The number of rotatable bonds is 2. The van der Waals surface area contributed by atoms with Gasteiger partial charge in [0.05, 0.1) is 0 Å². The number of ketones is 1. The van der Waals surface area contributed by atoms with Crippen LogP contribution in [0, 0.1) is 5.92 Å². The zero-order valence-corrected chi connectivity index (χ0v) is 7.92. The van der Waals surface area contributed by atoms with Crippen molar-refractivity contribution in [3.8, 4) is 0 Å². The van der Waals surface area contributed by atoms with Gasteiger partial charge in [-0.1, -0.05) is 19.1 Å². The Labute approximate surface area is 74.2 Å². The molecular weight excluding hydrogens is 150 g/mol. The smallest absolute Gasteiger partial charge is 0.138 e. The fourth-order valence-corrected chi connectivity index (χ4v) is 1.52. The van der Waals surface area contributed by atoms with Gasteiger partial charge in [0.2, 0.25) is 0 Å². The van der Waals surface area contributed by atoms with Crippen molar-refractivity contribution in [2.75, 3.05) is 19.6 Å². The van der Waals surface area contributed by atoms with Gasteiger partial charge in [-0.25, -0.2) is 0 Å². The number of nitrogens with zero attached hydrogens (tertiary/aromatic N) is 1. The third-order valence-electron chi connectivity index (χ3n) is 2.36. The highest BCUT2D eigenvalue weighted by atomic mass is 16.1. The highest BCUT2D eigenvalue weighted by Gasteiger charge is 2.21. The third-order valence-corrected chi connectivity index (χ3v) is 2.36. The molecule has 0 spiro atoms. The summed E-state index contributed by atoms with van der Waals surface area (Å²) in [5.41, 5.74) is 0. The molecule has 0 aromatic carbocycles. The van der Waals surface area contributed by atoms with Gasteiger partial charge in [0.25, 0.3) is 0 Å². The minimum Gasteiger partial charge on any atom is -0.299 e. The Morgan fingerprint density at radius 3 is 3.00 bits per heavy atom. The van der Waals surface area contributed by atoms with E-state index in [1.54, 1.807) is 0 Å². The Bertz CT molecular complexity index is 186. The minimum atomic E-state index is 0.240. The number of carbonyl (C=O) groups is 1. The molecule has 0 N–H and O–H groups in total. The van der Waals surface area contributed by atoms with Gasteiger partial charge in [-0.3, -0.25) is 9.69 Å². The fourth-order valence-electron chi connectivity index (χ4n) is 1.52. The van der Waals surface area contributed by atoms with Crippen LogP contribution in [0.2, 0.25) is 0 Å². The molecule has 1 fully saturated rings. The fraction of sp³-hybridized carbons (Fsp3) is 0.700. The summed E-state index contributed by atoms with van der Waals surface area (Å²) in [4.78, 5) is 13.5. The van der Waals surface area contributed by atoms with Crippen LogP contribution >= 0.6 is 0 Å². The molecule has 2 heteroatoms. The van der Waals surface area contributed by atoms with Crippen molar-refractivity contribution in [2.24, 2.45) is 5.92 Å². The predicted octanol–water partition coefficient (Wildman–Crippen LogP) is 1.47. The summed E-state index contributed by atoms with van der Waals surface area (Å²) in [6, 6.07) is 0. The molecule has 1 atom stereocenters. The molecule has 2 nitrogen and oxygen atoms in total. The Balaban J connectivity index is 2.35. The first-order valence-corrected chi connectivity index (χ1v) is 4.60. The van der Waals surface area contributed by atoms with Crippen molar-refractivity contribution in [3.63, 3.8) is 0 Å². The lowest BCUT2D eigenvalue weighted by Gasteiger charge is -2.28. The van der Waals surface area contributed by atoms with Crippen LogP contribution in [0.1, 0.15) is 20.3 Å². The second-order valence-electron chi connectivity index (χ2n) is 3.45. The van der Waals surface area contributed by atoms with E-state index in [1.165, 1.54) is 0 Å². The quantitative estimate of drug-likeness (QED) is 0.580. The molecule has 1 aliphatic heterocycles. The number of carbonyl (C=O) groups excluding carboxylic acids is 1. The van der Waals surface area contributed by atoms with Crippen LogP contribution in [0.4, 0.5) is 0 Å². The van der Waals surface area contributed by atoms with Crippen LogP contribution < -0.4 is 0 Å². The van der Waals surface area contributed by atoms with Crippen molar-refractivity contribution in [3.05, 3.63) is 12.2 Å². The van der Waals surface area contributed by atoms with Crippen LogP contribution in [0.25, 0.3) is 0 Å². The van der Waals surface area contributed by atoms with E-state index in [0.29, 0.717) is 5.78 Å². The van der Waals surface area contributed by atoms with Gasteiger partial charge < -0.3 is 0 Å². The van der Waals surface area contributed by atoms with Crippen molar-refractivity contribution >= 4 is 5.78 Å². The van der Waals surface area contributed by atoms with E-state index in [-0.39, 0.29) is 5.92 Å². The summed E-state index contributed by atoms with van der Waals surface area (Å²) >= 11 is 0. The maximum atomic E-state index is 11.2. The molecule has 0 bridgehead atoms. The number of allylic oxidation sites excluding steroid dienone is 1. The zero-order valence-electron chi connectivity index (χ0n) is 7.92. The van der Waals surface area contributed by atoms with E-state index in [2.05, 4.69) is 17.1 Å². The van der Waals surface area contributed by atoms with E-state index in [1.807, 2.05) is 13.8 Å². The molecule has 0 aliphatic carbocycles. The molecule has 1 saturated heterocycles. The summed E-state index contributed by atoms with van der Waals surface area (Å²) in [7, 11) is 0. The molecule has 1 rings (SSSR count). The molecule has 1 aliphatic rings. The van der Waals surface area contributed by atoms with E-state index in [0.717, 1.165) is 26.1 Å². The first kappa shape index (κ1) is 9.46. The van der Waals surface area contributed by atoms with Gasteiger partial charge in [0.1, 0.15) is 5.78 Å². The van der Waals surface area contributed by atoms with Gasteiger partial charge in [0.15, 0.2) is 0 Å². The summed E-state index contributed by atoms with van der Waals surface area (Å²) in [6.45, 7) is 6.91. The van der Waals surface area contributed by atoms with Gasteiger partial charge in [-0.2, -0.15) is 0 Å². The van der Waals surface area contributed by atoms with Crippen LogP contribution in [0.3, 0.4) is 0 Å². The summed E-state index contributed by atoms with van der Waals surface area (Å²) in [6.07, 6.45) is 4.93. The number of hydrogen-bond donors (Lipinski definition) is 0. The molecule has 12 heavy (non-hydrogen) atoms. The van der Waals surface area contributed by atoms with Gasteiger partial charge in [-0.15, -0.1) is 0 Å². The lowest BCUT2D eigenvalue weighted by atomic mass is 9.99. The molecule has 0 saturated carbocycles. The first-order chi connectivity index (χ1) is 5.74. The maximum absolute atomic E-state index is 11.2. The van der Waals surface area contributed by atoms with Crippen molar-refractivity contribution in [2.45, 2.75) is 20.3 Å². The van der Waals surface area contributed by atoms with Crippen LogP contribution in [-0.4, -0.2) is 30.3 Å². The molecule has 0 radical (unpaired) electrons. The van der Waals surface area contributed by atoms with E-state index in [9.17, 15) is 4.79 Å². The normalized spacial score (nSPS) is 26.8. The summed E-state index contributed by atoms with van der Waals surface area (Å²) in [5.74, 6) is 0.663. The second kappa shape index (κ2) is 4.41. The average Bonchev–Trinajstić information content (AvgIpc) is 2.07.